The number of nitrogens with one attached hydrogen (secondary N) is 1. The lowest BCUT2D eigenvalue weighted by molar-refractivity contribution is 0.0379. The maximum atomic E-state index is 13.1. The average molecular weight is 534 g/mol. The van der Waals surface area contributed by atoms with Gasteiger partial charge in [-0.15, -0.1) is 4.73 Å². The van der Waals surface area contributed by atoms with Gasteiger partial charge in [0.2, 0.25) is 19.6 Å². The molecule has 0 bridgehead atoms. The molecule has 2 atom stereocenters. The van der Waals surface area contributed by atoms with Crippen molar-refractivity contribution in [2.75, 3.05) is 0 Å². The molecule has 0 saturated heterocycles. The second kappa shape index (κ2) is 11.9. The Hall–Kier alpha value is -3.50. The van der Waals surface area contributed by atoms with Gasteiger partial charge in [0.25, 0.3) is 0 Å². The third kappa shape index (κ3) is 7.29. The highest BCUT2D eigenvalue weighted by Gasteiger charge is 2.41. The average Bonchev–Trinajstić information content (AvgIpc) is 3.15. The van der Waals surface area contributed by atoms with Crippen molar-refractivity contribution < 1.29 is 29.1 Å². The molecule has 0 aliphatic heterocycles. The fourth-order valence-corrected chi connectivity index (χ4v) is 5.25. The van der Waals surface area contributed by atoms with E-state index in [9.17, 15) is 19.8 Å². The molecule has 0 spiro atoms. The molecule has 0 aliphatic carbocycles. The van der Waals surface area contributed by atoms with Crippen LogP contribution in [0.4, 0.5) is 4.79 Å². The van der Waals surface area contributed by atoms with E-state index in [0.717, 1.165) is 5.56 Å². The van der Waals surface area contributed by atoms with Crippen LogP contribution < -0.4 is 10.2 Å². The quantitative estimate of drug-likeness (QED) is 0.328. The van der Waals surface area contributed by atoms with E-state index in [1.54, 1.807) is 24.3 Å². The maximum absolute atomic E-state index is 13.1. The highest BCUT2D eigenvalue weighted by atomic mass is 28.4. The minimum absolute atomic E-state index is 0.114. The third-order valence-electron chi connectivity index (χ3n) is 6.96. The SMILES string of the molecule is [B]C(=O)NC(Cc1ccccc1)[C@@H](Cc1ccccc1C(=O)On1c(O)ccc1O)O[Si](C)(C)C(C)(C)C. The Kier molecular flexibility index (Phi) is 9.11. The number of hydrogen-bond acceptors (Lipinski definition) is 6. The topological polar surface area (TPSA) is 110 Å². The van der Waals surface area contributed by atoms with Crippen molar-refractivity contribution in [3.05, 3.63) is 83.4 Å². The van der Waals surface area contributed by atoms with Gasteiger partial charge >= 0.3 is 5.97 Å². The van der Waals surface area contributed by atoms with E-state index in [1.165, 1.54) is 12.1 Å². The van der Waals surface area contributed by atoms with Gasteiger partial charge in [-0.05, 0) is 41.7 Å². The number of benzene rings is 2. The van der Waals surface area contributed by atoms with E-state index in [-0.39, 0.29) is 17.0 Å². The van der Waals surface area contributed by atoms with E-state index < -0.39 is 44.0 Å². The van der Waals surface area contributed by atoms with E-state index in [1.807, 2.05) is 30.3 Å². The molecule has 8 nitrogen and oxygen atoms in total. The predicted octanol–water partition coefficient (Wildman–Crippen LogP) is 4.59. The van der Waals surface area contributed by atoms with Crippen LogP contribution in [-0.4, -0.2) is 55.0 Å². The minimum Gasteiger partial charge on any atom is -0.492 e. The first-order valence-corrected chi connectivity index (χ1v) is 15.4. The van der Waals surface area contributed by atoms with Crippen molar-refractivity contribution in [3.8, 4) is 11.8 Å². The number of carbonyl (C=O) groups is 2. The molecule has 1 amide bonds. The highest BCUT2D eigenvalue weighted by Crippen LogP contribution is 2.38. The first kappa shape index (κ1) is 29.1. The van der Waals surface area contributed by atoms with E-state index in [4.69, 9.17) is 17.1 Å². The van der Waals surface area contributed by atoms with Crippen molar-refractivity contribution in [2.24, 2.45) is 0 Å². The van der Waals surface area contributed by atoms with Crippen LogP contribution in [0.3, 0.4) is 0 Å². The van der Waals surface area contributed by atoms with Gasteiger partial charge in [0.1, 0.15) is 0 Å². The van der Waals surface area contributed by atoms with Gasteiger partial charge in [0.15, 0.2) is 14.1 Å². The molecule has 0 fully saturated rings. The van der Waals surface area contributed by atoms with Gasteiger partial charge in [0, 0.05) is 18.6 Å². The second-order valence-electron chi connectivity index (χ2n) is 10.8. The molecule has 0 aliphatic rings. The molecule has 2 radical (unpaired) electrons. The van der Waals surface area contributed by atoms with E-state index in [0.29, 0.717) is 16.7 Å². The maximum Gasteiger partial charge on any atom is 0.364 e. The molecule has 38 heavy (non-hydrogen) atoms. The standard InChI is InChI=1S/C28H35BN2O6Si/c1-28(2,3)38(4,5)37-23(22(30-27(29)35)17-19-11-7-6-8-12-19)18-20-13-9-10-14-21(20)26(34)36-31-24(32)15-16-25(31)33/h6-16,22-23,32-33H,17-18H2,1-5H3,(H,30,35)/t22?,23-/m1/s1. The molecular formula is C28H35BN2O6Si. The number of aromatic hydroxyl groups is 2. The minimum atomic E-state index is -2.34. The Balaban J connectivity index is 1.99. The number of carbonyl (C=O) groups excluding carboxylic acids is 2. The summed E-state index contributed by atoms with van der Waals surface area (Å²) in [4.78, 5) is 30.4. The largest absolute Gasteiger partial charge is 0.492 e. The zero-order chi connectivity index (χ0) is 28.1. The van der Waals surface area contributed by atoms with Gasteiger partial charge in [0.05, 0.1) is 17.7 Å². The molecule has 10 heteroatoms. The lowest BCUT2D eigenvalue weighted by Crippen LogP contribution is -2.53. The summed E-state index contributed by atoms with van der Waals surface area (Å²) in [5.74, 6) is -2.26. The van der Waals surface area contributed by atoms with Crippen LogP contribution in [0.2, 0.25) is 18.1 Å². The Labute approximate surface area is 226 Å². The summed E-state index contributed by atoms with van der Waals surface area (Å²) in [6.07, 6.45) is 0.228. The Morgan fingerprint density at radius 2 is 1.53 bits per heavy atom. The summed E-state index contributed by atoms with van der Waals surface area (Å²) in [6, 6.07) is 18.6. The van der Waals surface area contributed by atoms with Crippen LogP contribution in [0.1, 0.15) is 42.3 Å². The first-order chi connectivity index (χ1) is 17.8. The number of amides is 1. The monoisotopic (exact) mass is 534 g/mol. The molecule has 3 rings (SSSR count). The summed E-state index contributed by atoms with van der Waals surface area (Å²) in [5, 5.41) is 22.6. The molecule has 200 valence electrons. The van der Waals surface area contributed by atoms with E-state index >= 15 is 0 Å². The van der Waals surface area contributed by atoms with Crippen LogP contribution in [0, 0.1) is 0 Å². The van der Waals surface area contributed by atoms with E-state index in [2.05, 4.69) is 39.2 Å². The van der Waals surface area contributed by atoms with Crippen LogP contribution in [0.5, 0.6) is 11.8 Å². The van der Waals surface area contributed by atoms with Crippen molar-refractivity contribution in [1.29, 1.82) is 0 Å². The fourth-order valence-electron chi connectivity index (χ4n) is 3.89. The summed E-state index contributed by atoms with van der Waals surface area (Å²) in [7, 11) is 3.25. The van der Waals surface area contributed by atoms with Gasteiger partial charge < -0.3 is 24.8 Å². The van der Waals surface area contributed by atoms with Crippen molar-refractivity contribution >= 4 is 27.9 Å². The number of hydrogen-bond donors (Lipinski definition) is 3. The normalized spacial score (nSPS) is 13.5. The summed E-state index contributed by atoms with van der Waals surface area (Å²) in [6.45, 7) is 10.6. The lowest BCUT2D eigenvalue weighted by atomic mass is 9.93. The zero-order valence-corrected chi connectivity index (χ0v) is 23.5. The fraction of sp³-hybridized carbons (Fsp3) is 0.357. The summed E-state index contributed by atoms with van der Waals surface area (Å²) < 4.78 is 7.50. The summed E-state index contributed by atoms with van der Waals surface area (Å²) in [5.41, 5.74) is 1.86. The molecule has 1 heterocycles. The first-order valence-electron chi connectivity index (χ1n) is 12.5. The van der Waals surface area contributed by atoms with Crippen LogP contribution in [0.15, 0.2) is 66.7 Å². The molecule has 3 N–H and O–H groups in total. The Bertz CT molecular complexity index is 1240. The molecular weight excluding hydrogens is 499 g/mol. The molecule has 3 aromatic rings. The number of rotatable bonds is 10. The Morgan fingerprint density at radius 3 is 2.11 bits per heavy atom. The number of nitrogens with zero attached hydrogens (tertiary/aromatic N) is 1. The highest BCUT2D eigenvalue weighted by molar-refractivity contribution is 6.74. The molecule has 2 aromatic carbocycles. The number of aromatic nitrogens is 1. The predicted molar refractivity (Wildman–Crippen MR) is 149 cm³/mol. The molecule has 0 saturated carbocycles. The van der Waals surface area contributed by atoms with Gasteiger partial charge in [-0.2, -0.15) is 0 Å². The van der Waals surface area contributed by atoms with Gasteiger partial charge in [-0.25, -0.2) is 4.79 Å². The lowest BCUT2D eigenvalue weighted by Gasteiger charge is -2.42. The van der Waals surface area contributed by atoms with Gasteiger partial charge in [-0.3, -0.25) is 4.79 Å². The smallest absolute Gasteiger partial charge is 0.364 e. The Morgan fingerprint density at radius 1 is 0.947 bits per heavy atom. The van der Waals surface area contributed by atoms with Crippen LogP contribution >= 0.6 is 0 Å². The summed E-state index contributed by atoms with van der Waals surface area (Å²) >= 11 is 0. The van der Waals surface area contributed by atoms with Crippen molar-refractivity contribution in [3.63, 3.8) is 0 Å². The second-order valence-corrected chi connectivity index (χ2v) is 15.6. The van der Waals surface area contributed by atoms with Gasteiger partial charge in [-0.1, -0.05) is 69.3 Å². The van der Waals surface area contributed by atoms with Crippen molar-refractivity contribution in [2.45, 2.75) is 63.9 Å². The van der Waals surface area contributed by atoms with Crippen molar-refractivity contribution in [1.82, 2.24) is 10.0 Å². The molecule has 1 unspecified atom stereocenters. The molecule has 1 aromatic heterocycles. The third-order valence-corrected chi connectivity index (χ3v) is 11.5. The zero-order valence-electron chi connectivity index (χ0n) is 22.5. The van der Waals surface area contributed by atoms with Crippen LogP contribution in [-0.2, 0) is 17.3 Å². The van der Waals surface area contributed by atoms with Crippen LogP contribution in [0.25, 0.3) is 0 Å².